The molecular formula is C10H14N6O2. The van der Waals surface area contributed by atoms with E-state index in [1.165, 1.54) is 0 Å². The summed E-state index contributed by atoms with van der Waals surface area (Å²) in [7, 11) is 1.84. The number of carbonyl (C=O) groups is 1. The highest BCUT2D eigenvalue weighted by Crippen LogP contribution is 2.19. The Morgan fingerprint density at radius 2 is 2.28 bits per heavy atom. The molecule has 0 radical (unpaired) electrons. The van der Waals surface area contributed by atoms with Gasteiger partial charge in [0.1, 0.15) is 0 Å². The van der Waals surface area contributed by atoms with Crippen molar-refractivity contribution in [3.63, 3.8) is 0 Å². The Hall–Kier alpha value is -2.25. The fourth-order valence-corrected chi connectivity index (χ4v) is 1.65. The number of hydrogen-bond donors (Lipinski definition) is 1. The van der Waals surface area contributed by atoms with Crippen molar-refractivity contribution in [1.29, 1.82) is 0 Å². The monoisotopic (exact) mass is 250 g/mol. The van der Waals surface area contributed by atoms with Crippen LogP contribution in [0.4, 0.5) is 0 Å². The summed E-state index contributed by atoms with van der Waals surface area (Å²) >= 11 is 0. The molecule has 8 nitrogen and oxygen atoms in total. The third-order valence-corrected chi connectivity index (χ3v) is 2.77. The second kappa shape index (κ2) is 4.94. The minimum atomic E-state index is -0.817. The number of tetrazole rings is 1. The molecule has 0 atom stereocenters. The number of aryl methyl sites for hydroxylation is 2. The van der Waals surface area contributed by atoms with Gasteiger partial charge >= 0.3 is 5.97 Å². The van der Waals surface area contributed by atoms with Gasteiger partial charge in [0.05, 0.1) is 11.8 Å². The minimum Gasteiger partial charge on any atom is -0.481 e. The predicted octanol–water partition coefficient (Wildman–Crippen LogP) is 0.247. The summed E-state index contributed by atoms with van der Waals surface area (Å²) < 4.78 is 3.35. The SMILES string of the molecule is Cc1c(-c2nnnn2CCCC(=O)O)cnn1C. The van der Waals surface area contributed by atoms with Gasteiger partial charge in [-0.15, -0.1) is 5.10 Å². The lowest BCUT2D eigenvalue weighted by molar-refractivity contribution is -0.137. The van der Waals surface area contributed by atoms with Crippen molar-refractivity contribution in [3.8, 4) is 11.4 Å². The molecule has 18 heavy (non-hydrogen) atoms. The summed E-state index contributed by atoms with van der Waals surface area (Å²) in [6.07, 6.45) is 2.30. The maximum Gasteiger partial charge on any atom is 0.303 e. The van der Waals surface area contributed by atoms with Gasteiger partial charge in [0, 0.05) is 25.7 Å². The van der Waals surface area contributed by atoms with E-state index in [1.807, 2.05) is 14.0 Å². The summed E-state index contributed by atoms with van der Waals surface area (Å²) in [5.74, 6) is -0.201. The average molecular weight is 250 g/mol. The molecule has 0 unspecified atom stereocenters. The second-order valence-electron chi connectivity index (χ2n) is 3.99. The molecule has 2 rings (SSSR count). The Bertz CT molecular complexity index is 558. The van der Waals surface area contributed by atoms with Gasteiger partial charge in [0.15, 0.2) is 5.82 Å². The molecule has 8 heteroatoms. The Morgan fingerprint density at radius 3 is 2.89 bits per heavy atom. The molecule has 0 aromatic carbocycles. The van der Waals surface area contributed by atoms with Crippen LogP contribution in [0, 0.1) is 6.92 Å². The first-order chi connectivity index (χ1) is 8.59. The van der Waals surface area contributed by atoms with Crippen LogP contribution in [-0.2, 0) is 18.4 Å². The summed E-state index contributed by atoms with van der Waals surface area (Å²) in [6.45, 7) is 2.40. The Labute approximate surface area is 103 Å². The standard InChI is InChI=1S/C10H14N6O2/c1-7-8(6-11-15(7)2)10-12-13-14-16(10)5-3-4-9(17)18/h6H,3-5H2,1-2H3,(H,17,18). The van der Waals surface area contributed by atoms with Crippen molar-refractivity contribution in [2.45, 2.75) is 26.3 Å². The highest BCUT2D eigenvalue weighted by atomic mass is 16.4. The molecule has 2 aromatic heterocycles. The molecule has 0 aliphatic carbocycles. The lowest BCUT2D eigenvalue weighted by Gasteiger charge is -2.03. The number of carboxylic acids is 1. The van der Waals surface area contributed by atoms with E-state index in [9.17, 15) is 4.79 Å². The van der Waals surface area contributed by atoms with Crippen LogP contribution in [0.2, 0.25) is 0 Å². The first-order valence-corrected chi connectivity index (χ1v) is 5.56. The van der Waals surface area contributed by atoms with Gasteiger partial charge in [-0.1, -0.05) is 0 Å². The van der Waals surface area contributed by atoms with E-state index in [0.717, 1.165) is 11.3 Å². The Kier molecular flexibility index (Phi) is 3.35. The highest BCUT2D eigenvalue weighted by molar-refractivity contribution is 5.66. The average Bonchev–Trinajstić information content (AvgIpc) is 2.88. The van der Waals surface area contributed by atoms with Crippen molar-refractivity contribution in [2.75, 3.05) is 0 Å². The molecule has 0 aliphatic rings. The Morgan fingerprint density at radius 1 is 1.50 bits per heavy atom. The van der Waals surface area contributed by atoms with Crippen LogP contribution in [0.3, 0.4) is 0 Å². The quantitative estimate of drug-likeness (QED) is 0.816. The van der Waals surface area contributed by atoms with E-state index in [1.54, 1.807) is 15.6 Å². The molecule has 0 fully saturated rings. The molecule has 0 saturated heterocycles. The molecule has 2 heterocycles. The van der Waals surface area contributed by atoms with Crippen molar-refractivity contribution in [3.05, 3.63) is 11.9 Å². The van der Waals surface area contributed by atoms with Gasteiger partial charge in [-0.25, -0.2) is 4.68 Å². The van der Waals surface area contributed by atoms with E-state index in [4.69, 9.17) is 5.11 Å². The zero-order valence-corrected chi connectivity index (χ0v) is 10.2. The van der Waals surface area contributed by atoms with Gasteiger partial charge in [0.2, 0.25) is 0 Å². The molecule has 0 saturated carbocycles. The van der Waals surface area contributed by atoms with Crippen molar-refractivity contribution >= 4 is 5.97 Å². The van der Waals surface area contributed by atoms with Gasteiger partial charge in [-0.05, 0) is 23.8 Å². The lowest BCUT2D eigenvalue weighted by Crippen LogP contribution is -2.06. The largest absolute Gasteiger partial charge is 0.481 e. The first kappa shape index (κ1) is 12.2. The molecular weight excluding hydrogens is 236 g/mol. The lowest BCUT2D eigenvalue weighted by atomic mass is 10.2. The van der Waals surface area contributed by atoms with E-state index in [2.05, 4.69) is 20.6 Å². The fourth-order valence-electron chi connectivity index (χ4n) is 1.65. The van der Waals surface area contributed by atoms with Gasteiger partial charge in [0.25, 0.3) is 0 Å². The molecule has 2 aromatic rings. The third-order valence-electron chi connectivity index (χ3n) is 2.77. The third kappa shape index (κ3) is 2.36. The molecule has 96 valence electrons. The predicted molar refractivity (Wildman–Crippen MR) is 61.6 cm³/mol. The van der Waals surface area contributed by atoms with Gasteiger partial charge < -0.3 is 5.11 Å². The fraction of sp³-hybridized carbons (Fsp3) is 0.500. The van der Waals surface area contributed by atoms with Crippen LogP contribution in [0.15, 0.2) is 6.20 Å². The highest BCUT2D eigenvalue weighted by Gasteiger charge is 2.14. The number of rotatable bonds is 5. The number of hydrogen-bond acceptors (Lipinski definition) is 5. The smallest absolute Gasteiger partial charge is 0.303 e. The van der Waals surface area contributed by atoms with E-state index in [0.29, 0.717) is 18.8 Å². The van der Waals surface area contributed by atoms with Crippen LogP contribution in [0.25, 0.3) is 11.4 Å². The Balaban J connectivity index is 2.17. The second-order valence-corrected chi connectivity index (χ2v) is 3.99. The number of aliphatic carboxylic acids is 1. The molecule has 1 N–H and O–H groups in total. The summed E-state index contributed by atoms with van der Waals surface area (Å²) in [5, 5.41) is 24.2. The van der Waals surface area contributed by atoms with E-state index >= 15 is 0 Å². The number of aromatic nitrogens is 6. The maximum absolute atomic E-state index is 10.5. The molecule has 0 bridgehead atoms. The van der Waals surface area contributed by atoms with Crippen LogP contribution < -0.4 is 0 Å². The van der Waals surface area contributed by atoms with Crippen LogP contribution in [-0.4, -0.2) is 41.1 Å². The summed E-state index contributed by atoms with van der Waals surface area (Å²) in [5.41, 5.74) is 1.82. The van der Waals surface area contributed by atoms with Crippen LogP contribution in [0.5, 0.6) is 0 Å². The minimum absolute atomic E-state index is 0.103. The van der Waals surface area contributed by atoms with Gasteiger partial charge in [-0.2, -0.15) is 5.10 Å². The zero-order valence-electron chi connectivity index (χ0n) is 10.2. The van der Waals surface area contributed by atoms with E-state index in [-0.39, 0.29) is 6.42 Å². The van der Waals surface area contributed by atoms with Crippen molar-refractivity contribution in [1.82, 2.24) is 30.0 Å². The van der Waals surface area contributed by atoms with Crippen LogP contribution >= 0.6 is 0 Å². The van der Waals surface area contributed by atoms with Crippen molar-refractivity contribution < 1.29 is 9.90 Å². The summed E-state index contributed by atoms with van der Waals surface area (Å²) in [4.78, 5) is 10.5. The topological polar surface area (TPSA) is 98.7 Å². The zero-order chi connectivity index (χ0) is 13.1. The van der Waals surface area contributed by atoms with E-state index < -0.39 is 5.97 Å². The number of nitrogens with zero attached hydrogens (tertiary/aromatic N) is 6. The molecule has 0 aliphatic heterocycles. The number of carboxylic acid groups (broad SMARTS) is 1. The normalized spacial score (nSPS) is 10.8. The first-order valence-electron chi connectivity index (χ1n) is 5.56. The van der Waals surface area contributed by atoms with Crippen LogP contribution in [0.1, 0.15) is 18.5 Å². The maximum atomic E-state index is 10.5. The molecule has 0 amide bonds. The molecule has 0 spiro atoms. The van der Waals surface area contributed by atoms with Gasteiger partial charge in [-0.3, -0.25) is 9.48 Å². The summed E-state index contributed by atoms with van der Waals surface area (Å²) in [6, 6.07) is 0. The van der Waals surface area contributed by atoms with Crippen molar-refractivity contribution in [2.24, 2.45) is 7.05 Å².